The molecule has 2 heterocycles. The van der Waals surface area contributed by atoms with Crippen molar-refractivity contribution in [2.75, 3.05) is 32.1 Å². The standard InChI is InChI=1S/C24H26N4O4S2/c1-3-11-28-23(25-26-24(28)33-17-22(29)19-9-7-18(2)8-10-19)20-5-4-6-21(16-20)34(30,31)27-12-14-32-15-13-27/h3-10,16H,1,11-15,17H2,2H3. The number of aryl methyl sites for hydroxylation is 1. The lowest BCUT2D eigenvalue weighted by molar-refractivity contribution is 0.0730. The van der Waals surface area contributed by atoms with Crippen molar-refractivity contribution in [2.45, 2.75) is 23.5 Å². The number of ether oxygens (including phenoxy) is 1. The highest BCUT2D eigenvalue weighted by atomic mass is 32.2. The van der Waals surface area contributed by atoms with Gasteiger partial charge in [-0.3, -0.25) is 9.36 Å². The number of hydrogen-bond donors (Lipinski definition) is 0. The molecule has 0 spiro atoms. The molecule has 1 saturated heterocycles. The number of aromatic nitrogens is 3. The zero-order valence-corrected chi connectivity index (χ0v) is 20.5. The van der Waals surface area contributed by atoms with Crippen molar-refractivity contribution >= 4 is 27.6 Å². The molecule has 0 amide bonds. The molecular weight excluding hydrogens is 472 g/mol. The van der Waals surface area contributed by atoms with E-state index in [1.807, 2.05) is 35.8 Å². The molecular formula is C24H26N4O4S2. The van der Waals surface area contributed by atoms with Gasteiger partial charge < -0.3 is 4.74 Å². The van der Waals surface area contributed by atoms with E-state index in [4.69, 9.17) is 4.74 Å². The highest BCUT2D eigenvalue weighted by Crippen LogP contribution is 2.27. The molecule has 0 aliphatic carbocycles. The smallest absolute Gasteiger partial charge is 0.243 e. The molecule has 34 heavy (non-hydrogen) atoms. The van der Waals surface area contributed by atoms with Gasteiger partial charge in [-0.15, -0.1) is 16.8 Å². The van der Waals surface area contributed by atoms with Crippen molar-refractivity contribution in [3.05, 3.63) is 72.3 Å². The molecule has 1 aliphatic rings. The van der Waals surface area contributed by atoms with E-state index in [1.54, 1.807) is 30.3 Å². The van der Waals surface area contributed by atoms with Crippen molar-refractivity contribution in [3.63, 3.8) is 0 Å². The maximum absolute atomic E-state index is 13.1. The lowest BCUT2D eigenvalue weighted by Crippen LogP contribution is -2.40. The van der Waals surface area contributed by atoms with Gasteiger partial charge in [0.2, 0.25) is 10.0 Å². The van der Waals surface area contributed by atoms with Crippen molar-refractivity contribution in [1.82, 2.24) is 19.1 Å². The summed E-state index contributed by atoms with van der Waals surface area (Å²) in [5.41, 5.74) is 2.37. The van der Waals surface area contributed by atoms with E-state index in [-0.39, 0.29) is 16.4 Å². The summed E-state index contributed by atoms with van der Waals surface area (Å²) in [5.74, 6) is 0.728. The van der Waals surface area contributed by atoms with Crippen LogP contribution in [0.5, 0.6) is 0 Å². The Balaban J connectivity index is 1.58. The summed E-state index contributed by atoms with van der Waals surface area (Å²) in [6.45, 7) is 7.63. The molecule has 3 aromatic rings. The Morgan fingerprint density at radius 1 is 1.15 bits per heavy atom. The van der Waals surface area contributed by atoms with Gasteiger partial charge in [0.15, 0.2) is 16.8 Å². The molecule has 0 radical (unpaired) electrons. The predicted octanol–water partition coefficient (Wildman–Crippen LogP) is 3.44. The lowest BCUT2D eigenvalue weighted by Gasteiger charge is -2.26. The van der Waals surface area contributed by atoms with E-state index < -0.39 is 10.0 Å². The quantitative estimate of drug-likeness (QED) is 0.253. The van der Waals surface area contributed by atoms with E-state index in [0.717, 1.165) is 5.56 Å². The van der Waals surface area contributed by atoms with Crippen LogP contribution in [0.3, 0.4) is 0 Å². The SMILES string of the molecule is C=CCn1c(SCC(=O)c2ccc(C)cc2)nnc1-c1cccc(S(=O)(=O)N2CCOCC2)c1. The average molecular weight is 499 g/mol. The van der Waals surface area contributed by atoms with Gasteiger partial charge in [-0.05, 0) is 19.1 Å². The minimum atomic E-state index is -3.64. The number of Topliss-reactive ketones (excluding diaryl/α,β-unsaturated/α-hetero) is 1. The van der Waals surface area contributed by atoms with Crippen molar-refractivity contribution in [1.29, 1.82) is 0 Å². The number of ketones is 1. The van der Waals surface area contributed by atoms with Crippen LogP contribution in [0.25, 0.3) is 11.4 Å². The summed E-state index contributed by atoms with van der Waals surface area (Å²) >= 11 is 1.29. The summed E-state index contributed by atoms with van der Waals surface area (Å²) in [7, 11) is -3.64. The molecule has 0 bridgehead atoms. The highest BCUT2D eigenvalue weighted by molar-refractivity contribution is 7.99. The molecule has 1 aromatic heterocycles. The van der Waals surface area contributed by atoms with Crippen LogP contribution in [-0.2, 0) is 21.3 Å². The second-order valence-electron chi connectivity index (χ2n) is 7.83. The van der Waals surface area contributed by atoms with Gasteiger partial charge in [0, 0.05) is 30.8 Å². The Kier molecular flexibility index (Phi) is 7.62. The van der Waals surface area contributed by atoms with Gasteiger partial charge in [-0.1, -0.05) is 59.8 Å². The fourth-order valence-corrected chi connectivity index (χ4v) is 5.88. The molecule has 0 N–H and O–H groups in total. The molecule has 0 saturated carbocycles. The Morgan fingerprint density at radius 2 is 1.88 bits per heavy atom. The van der Waals surface area contributed by atoms with Gasteiger partial charge in [-0.2, -0.15) is 4.31 Å². The van der Waals surface area contributed by atoms with Crippen molar-refractivity contribution in [2.24, 2.45) is 0 Å². The summed E-state index contributed by atoms with van der Waals surface area (Å²) < 4.78 is 34.7. The Bertz CT molecular complexity index is 1280. The van der Waals surface area contributed by atoms with Gasteiger partial charge in [0.25, 0.3) is 0 Å². The Labute approximate surface area is 203 Å². The highest BCUT2D eigenvalue weighted by Gasteiger charge is 2.27. The fourth-order valence-electron chi connectivity index (χ4n) is 3.59. The Morgan fingerprint density at radius 3 is 2.59 bits per heavy atom. The first-order valence-electron chi connectivity index (χ1n) is 10.9. The second kappa shape index (κ2) is 10.6. The number of sulfonamides is 1. The third-order valence-corrected chi connectivity index (χ3v) is 8.30. The number of allylic oxidation sites excluding steroid dienone is 1. The van der Waals surface area contributed by atoms with E-state index in [0.29, 0.717) is 55.0 Å². The van der Waals surface area contributed by atoms with Crippen LogP contribution in [0, 0.1) is 6.92 Å². The maximum atomic E-state index is 13.1. The van der Waals surface area contributed by atoms with Crippen LogP contribution in [-0.4, -0.2) is 65.3 Å². The summed E-state index contributed by atoms with van der Waals surface area (Å²) in [4.78, 5) is 12.8. The number of rotatable bonds is 9. The van der Waals surface area contributed by atoms with Gasteiger partial charge in [0.05, 0.1) is 23.9 Å². The van der Waals surface area contributed by atoms with Crippen molar-refractivity contribution < 1.29 is 17.9 Å². The number of morpholine rings is 1. The largest absolute Gasteiger partial charge is 0.379 e. The number of hydrogen-bond acceptors (Lipinski definition) is 7. The third-order valence-electron chi connectivity index (χ3n) is 5.43. The van der Waals surface area contributed by atoms with E-state index >= 15 is 0 Å². The first-order valence-corrected chi connectivity index (χ1v) is 13.3. The molecule has 0 atom stereocenters. The monoisotopic (exact) mass is 498 g/mol. The molecule has 1 aliphatic heterocycles. The zero-order chi connectivity index (χ0) is 24.1. The molecule has 10 heteroatoms. The third kappa shape index (κ3) is 5.30. The lowest BCUT2D eigenvalue weighted by atomic mass is 10.1. The molecule has 1 fully saturated rings. The average Bonchev–Trinajstić information content (AvgIpc) is 3.26. The zero-order valence-electron chi connectivity index (χ0n) is 18.9. The summed E-state index contributed by atoms with van der Waals surface area (Å²) in [6.07, 6.45) is 1.72. The molecule has 178 valence electrons. The first kappa shape index (κ1) is 24.3. The number of carbonyl (C=O) groups excluding carboxylic acids is 1. The predicted molar refractivity (Wildman–Crippen MR) is 131 cm³/mol. The van der Waals surface area contributed by atoms with E-state index in [2.05, 4.69) is 16.8 Å². The van der Waals surface area contributed by atoms with Crippen LogP contribution >= 0.6 is 11.8 Å². The van der Waals surface area contributed by atoms with Crippen LogP contribution in [0.2, 0.25) is 0 Å². The van der Waals surface area contributed by atoms with Crippen molar-refractivity contribution in [3.8, 4) is 11.4 Å². The minimum Gasteiger partial charge on any atom is -0.379 e. The van der Waals surface area contributed by atoms with E-state index in [1.165, 1.54) is 16.1 Å². The van der Waals surface area contributed by atoms with Crippen LogP contribution in [0.4, 0.5) is 0 Å². The van der Waals surface area contributed by atoms with Gasteiger partial charge >= 0.3 is 0 Å². The van der Waals surface area contributed by atoms with Crippen LogP contribution in [0.15, 0.2) is 71.2 Å². The number of nitrogens with zero attached hydrogens (tertiary/aromatic N) is 4. The Hall–Kier alpha value is -2.79. The maximum Gasteiger partial charge on any atom is 0.243 e. The topological polar surface area (TPSA) is 94.4 Å². The van der Waals surface area contributed by atoms with Gasteiger partial charge in [0.1, 0.15) is 0 Å². The van der Waals surface area contributed by atoms with E-state index in [9.17, 15) is 13.2 Å². The normalized spacial score (nSPS) is 14.7. The second-order valence-corrected chi connectivity index (χ2v) is 10.7. The van der Waals surface area contributed by atoms with Crippen LogP contribution in [0.1, 0.15) is 15.9 Å². The summed E-state index contributed by atoms with van der Waals surface area (Å²) in [5, 5.41) is 9.15. The molecule has 2 aromatic carbocycles. The van der Waals surface area contributed by atoms with Gasteiger partial charge in [-0.25, -0.2) is 8.42 Å². The molecule has 0 unspecified atom stereocenters. The molecule has 4 rings (SSSR count). The first-order chi connectivity index (χ1) is 16.4. The molecule has 8 nitrogen and oxygen atoms in total. The minimum absolute atomic E-state index is 0.00157. The number of carbonyl (C=O) groups is 1. The number of benzene rings is 2. The number of thioether (sulfide) groups is 1. The van der Waals surface area contributed by atoms with Crippen LogP contribution < -0.4 is 0 Å². The fraction of sp³-hybridized carbons (Fsp3) is 0.292. The summed E-state index contributed by atoms with van der Waals surface area (Å²) in [6, 6.07) is 14.1.